The molecule has 3 heterocycles. The highest BCUT2D eigenvalue weighted by Gasteiger charge is 2.62. The smallest absolute Gasteiger partial charge is 0.438 e. The average Bonchev–Trinajstić information content (AvgIpc) is 3.56. The van der Waals surface area contributed by atoms with Gasteiger partial charge in [0.1, 0.15) is 11.3 Å². The van der Waals surface area contributed by atoms with E-state index in [2.05, 4.69) is 24.7 Å². The predicted octanol–water partition coefficient (Wildman–Crippen LogP) is 6.53. The lowest BCUT2D eigenvalue weighted by atomic mass is 9.98. The van der Waals surface area contributed by atoms with Crippen LogP contribution in [-0.2, 0) is 24.0 Å². The second-order valence-corrected chi connectivity index (χ2v) is 11.2. The van der Waals surface area contributed by atoms with Gasteiger partial charge < -0.3 is 4.74 Å². The second kappa shape index (κ2) is 11.4. The molecule has 5 rings (SSSR count). The molecule has 2 atom stereocenters. The fourth-order valence-corrected chi connectivity index (χ4v) is 5.65. The van der Waals surface area contributed by atoms with Crippen molar-refractivity contribution < 1.29 is 30.9 Å². The van der Waals surface area contributed by atoms with Crippen LogP contribution in [0.1, 0.15) is 35.6 Å². The number of nitrogens with one attached hydrogen (secondary N) is 1. The Bertz CT molecular complexity index is 1630. The molecular weight excluding hydrogens is 579 g/mol. The third kappa shape index (κ3) is 5.86. The number of halogens is 5. The summed E-state index contributed by atoms with van der Waals surface area (Å²) in [7, 11) is 1.53. The molecule has 0 saturated carbocycles. The SMILES string of the molecule is Cc1ccccc1-c1nc(NS(=O)c2cnn(C)c2)nc(Oc2cccc(C3CCCN3C)c2)c1C(F)(F)C(F)(F)F. The van der Waals surface area contributed by atoms with Crippen LogP contribution in [0.3, 0.4) is 0 Å². The molecule has 1 aliphatic heterocycles. The van der Waals surface area contributed by atoms with Crippen molar-refractivity contribution in [3.05, 3.63) is 77.6 Å². The van der Waals surface area contributed by atoms with Gasteiger partial charge in [-0.05, 0) is 56.6 Å². The number of benzene rings is 2. The van der Waals surface area contributed by atoms with E-state index in [1.54, 1.807) is 38.2 Å². The molecule has 0 aliphatic carbocycles. The summed E-state index contributed by atoms with van der Waals surface area (Å²) in [6.07, 6.45) is -1.42. The van der Waals surface area contributed by atoms with Crippen LogP contribution in [0.5, 0.6) is 11.6 Å². The van der Waals surface area contributed by atoms with Gasteiger partial charge in [0.25, 0.3) is 0 Å². The number of anilines is 1. The maximum atomic E-state index is 15.4. The number of hydrogen-bond acceptors (Lipinski definition) is 6. The van der Waals surface area contributed by atoms with E-state index in [1.165, 1.54) is 35.3 Å². The van der Waals surface area contributed by atoms with Gasteiger partial charge in [-0.3, -0.25) is 14.3 Å². The molecule has 0 spiro atoms. The lowest BCUT2D eigenvalue weighted by molar-refractivity contribution is -0.289. The lowest BCUT2D eigenvalue weighted by Crippen LogP contribution is -2.35. The zero-order valence-electron chi connectivity index (χ0n) is 22.8. The largest absolute Gasteiger partial charge is 0.458 e. The van der Waals surface area contributed by atoms with Crippen molar-refractivity contribution >= 4 is 16.9 Å². The summed E-state index contributed by atoms with van der Waals surface area (Å²) in [6.45, 7) is 2.42. The molecule has 1 N–H and O–H groups in total. The van der Waals surface area contributed by atoms with Crippen molar-refractivity contribution in [1.82, 2.24) is 24.6 Å². The van der Waals surface area contributed by atoms with Crippen molar-refractivity contribution in [2.24, 2.45) is 7.05 Å². The van der Waals surface area contributed by atoms with Gasteiger partial charge in [0.05, 0.1) is 16.8 Å². The molecule has 1 aliphatic rings. The number of aromatic nitrogens is 4. The van der Waals surface area contributed by atoms with Gasteiger partial charge in [-0.1, -0.05) is 36.4 Å². The molecule has 0 radical (unpaired) electrons. The minimum Gasteiger partial charge on any atom is -0.438 e. The maximum Gasteiger partial charge on any atom is 0.458 e. The second-order valence-electron chi connectivity index (χ2n) is 10.00. The molecule has 4 aromatic rings. The summed E-state index contributed by atoms with van der Waals surface area (Å²) in [5.41, 5.74) is -1.06. The Kier molecular flexibility index (Phi) is 8.03. The molecule has 222 valence electrons. The van der Waals surface area contributed by atoms with Gasteiger partial charge in [0.2, 0.25) is 11.8 Å². The van der Waals surface area contributed by atoms with Crippen LogP contribution in [0.25, 0.3) is 11.3 Å². The number of likely N-dealkylation sites (tertiary alicyclic amines) is 1. The third-order valence-electron chi connectivity index (χ3n) is 7.00. The zero-order chi connectivity index (χ0) is 30.2. The standard InChI is InChI=1S/C28H27F5N6O2S/c1-17-8-4-5-11-21(17)24-23(27(29,30)28(31,32)33)25(36-26(35-24)37-42(40)20-15-34-39(3)16-20)41-19-10-6-9-18(14-19)22-12-7-13-38(22)2/h4-6,8-11,14-16,22H,7,12-13H2,1-3H3,(H,35,36,37). The van der Waals surface area contributed by atoms with Crippen LogP contribution in [0.4, 0.5) is 27.9 Å². The Morgan fingerprint density at radius 1 is 1.05 bits per heavy atom. The zero-order valence-corrected chi connectivity index (χ0v) is 23.6. The predicted molar refractivity (Wildman–Crippen MR) is 147 cm³/mol. The van der Waals surface area contributed by atoms with Crippen LogP contribution >= 0.6 is 0 Å². The van der Waals surface area contributed by atoms with Crippen molar-refractivity contribution in [3.63, 3.8) is 0 Å². The first-order chi connectivity index (χ1) is 19.8. The molecule has 14 heteroatoms. The molecule has 8 nitrogen and oxygen atoms in total. The van der Waals surface area contributed by atoms with Crippen LogP contribution < -0.4 is 9.46 Å². The van der Waals surface area contributed by atoms with Crippen molar-refractivity contribution in [2.75, 3.05) is 18.3 Å². The Morgan fingerprint density at radius 3 is 2.45 bits per heavy atom. The Morgan fingerprint density at radius 2 is 1.81 bits per heavy atom. The highest BCUT2D eigenvalue weighted by atomic mass is 32.2. The maximum absolute atomic E-state index is 15.4. The van der Waals surface area contributed by atoms with E-state index < -0.39 is 46.2 Å². The quantitative estimate of drug-likeness (QED) is 0.230. The first-order valence-corrected chi connectivity index (χ1v) is 14.1. The van der Waals surface area contributed by atoms with Crippen molar-refractivity contribution in [3.8, 4) is 22.9 Å². The normalized spacial score (nSPS) is 16.9. The molecular formula is C28H27F5N6O2S. The molecule has 2 aromatic carbocycles. The number of ether oxygens (including phenoxy) is 1. The minimum absolute atomic E-state index is 0.000200. The van der Waals surface area contributed by atoms with E-state index in [0.29, 0.717) is 5.56 Å². The van der Waals surface area contributed by atoms with E-state index in [4.69, 9.17) is 4.74 Å². The molecule has 0 bridgehead atoms. The Hall–Kier alpha value is -3.91. The summed E-state index contributed by atoms with van der Waals surface area (Å²) in [4.78, 5) is 10.3. The monoisotopic (exact) mass is 606 g/mol. The van der Waals surface area contributed by atoms with E-state index in [0.717, 1.165) is 24.9 Å². The minimum atomic E-state index is -5.99. The van der Waals surface area contributed by atoms with Gasteiger partial charge in [-0.15, -0.1) is 0 Å². The van der Waals surface area contributed by atoms with Gasteiger partial charge in [-0.2, -0.15) is 32.0 Å². The van der Waals surface area contributed by atoms with Crippen LogP contribution in [-0.4, -0.2) is 48.6 Å². The van der Waals surface area contributed by atoms with Crippen LogP contribution in [0, 0.1) is 6.92 Å². The van der Waals surface area contributed by atoms with E-state index >= 15 is 8.78 Å². The number of aryl methyl sites for hydroxylation is 2. The number of rotatable bonds is 8. The van der Waals surface area contributed by atoms with Crippen molar-refractivity contribution in [2.45, 2.75) is 42.8 Å². The lowest BCUT2D eigenvalue weighted by Gasteiger charge is -2.25. The first kappa shape index (κ1) is 29.6. The Balaban J connectivity index is 1.69. The van der Waals surface area contributed by atoms with E-state index in [1.807, 2.05) is 13.1 Å². The van der Waals surface area contributed by atoms with Crippen molar-refractivity contribution in [1.29, 1.82) is 0 Å². The molecule has 0 amide bonds. The molecule has 1 saturated heterocycles. The summed E-state index contributed by atoms with van der Waals surface area (Å²) in [6, 6.07) is 12.6. The topological polar surface area (TPSA) is 85.2 Å². The summed E-state index contributed by atoms with van der Waals surface area (Å²) >= 11 is 0. The summed E-state index contributed by atoms with van der Waals surface area (Å²) in [5.74, 6) is -6.88. The average molecular weight is 607 g/mol. The van der Waals surface area contributed by atoms with Gasteiger partial charge in [0.15, 0.2) is 11.0 Å². The molecule has 42 heavy (non-hydrogen) atoms. The highest BCUT2D eigenvalue weighted by molar-refractivity contribution is 7.86. The van der Waals surface area contributed by atoms with Crippen LogP contribution in [0.15, 0.2) is 65.8 Å². The molecule has 2 unspecified atom stereocenters. The number of hydrogen-bond donors (Lipinski definition) is 1. The third-order valence-corrected chi connectivity index (χ3v) is 8.01. The van der Waals surface area contributed by atoms with E-state index in [-0.39, 0.29) is 22.3 Å². The highest BCUT2D eigenvalue weighted by Crippen LogP contribution is 2.51. The fourth-order valence-electron chi connectivity index (χ4n) is 4.88. The molecule has 2 aromatic heterocycles. The van der Waals surface area contributed by atoms with Gasteiger partial charge in [0, 0.05) is 24.8 Å². The number of alkyl halides is 5. The Labute approximate surface area is 241 Å². The first-order valence-electron chi connectivity index (χ1n) is 12.9. The summed E-state index contributed by atoms with van der Waals surface area (Å²) < 4.78 is 95.1. The summed E-state index contributed by atoms with van der Waals surface area (Å²) in [5, 5.41) is 3.94. The van der Waals surface area contributed by atoms with Gasteiger partial charge >= 0.3 is 12.1 Å². The fraction of sp³-hybridized carbons (Fsp3) is 0.321. The number of nitrogens with zero attached hydrogens (tertiary/aromatic N) is 5. The van der Waals surface area contributed by atoms with Gasteiger partial charge in [-0.25, -0.2) is 9.19 Å². The van der Waals surface area contributed by atoms with Crippen LogP contribution in [0.2, 0.25) is 0 Å². The molecule has 1 fully saturated rings. The van der Waals surface area contributed by atoms with E-state index in [9.17, 15) is 17.4 Å².